The number of carbonyl (C=O) groups is 3. The average Bonchev–Trinajstić information content (AvgIpc) is 3.58. The molecule has 1 N–H and O–H groups in total. The molecule has 0 radical (unpaired) electrons. The largest absolute Gasteiger partial charge is 0.493 e. The maximum atomic E-state index is 14.2. The van der Waals surface area contributed by atoms with Crippen LogP contribution >= 0.6 is 0 Å². The van der Waals surface area contributed by atoms with Crippen LogP contribution in [-0.2, 0) is 22.6 Å². The van der Waals surface area contributed by atoms with Crippen LogP contribution in [0.1, 0.15) is 46.6 Å². The topological polar surface area (TPSA) is 140 Å². The van der Waals surface area contributed by atoms with Crippen LogP contribution in [-0.4, -0.2) is 98.3 Å². The number of ether oxygens (including phenoxy) is 3. The summed E-state index contributed by atoms with van der Waals surface area (Å²) in [6.45, 7) is 4.46. The van der Waals surface area contributed by atoms with E-state index in [0.717, 1.165) is 36.3 Å². The van der Waals surface area contributed by atoms with Crippen LogP contribution in [0.4, 0.5) is 5.82 Å². The number of fused-ring (bicyclic) bond motifs is 5. The molecule has 0 aliphatic carbocycles. The number of aromatic nitrogens is 2. The van der Waals surface area contributed by atoms with Gasteiger partial charge in [0.15, 0.2) is 17.2 Å². The number of pyridine rings is 1. The number of methoxy groups -OCH3 is 3. The molecule has 2 bridgehead atoms. The van der Waals surface area contributed by atoms with E-state index < -0.39 is 0 Å². The van der Waals surface area contributed by atoms with Crippen LogP contribution in [0.3, 0.4) is 0 Å². The molecule has 2 aliphatic heterocycles. The van der Waals surface area contributed by atoms with Gasteiger partial charge in [-0.15, -0.1) is 0 Å². The van der Waals surface area contributed by atoms with Gasteiger partial charge in [-0.1, -0.05) is 35.5 Å². The predicted octanol–water partition coefficient (Wildman–Crippen LogP) is 4.01. The molecular formula is C37H44N6O7. The summed E-state index contributed by atoms with van der Waals surface area (Å²) in [5.41, 5.74) is 2.48. The first-order valence-corrected chi connectivity index (χ1v) is 17.0. The molecule has 3 amide bonds. The number of nitrogens with one attached hydrogen (secondary N) is 1. The molecular weight excluding hydrogens is 640 g/mol. The number of piperidine rings is 1. The molecule has 0 saturated carbocycles. The number of aryl methyl sites for hydroxylation is 1. The molecule has 13 heteroatoms. The van der Waals surface area contributed by atoms with Crippen molar-refractivity contribution in [3.63, 3.8) is 0 Å². The van der Waals surface area contributed by atoms with Gasteiger partial charge in [0.2, 0.25) is 17.6 Å². The number of anilines is 1. The quantitative estimate of drug-likeness (QED) is 0.317. The van der Waals surface area contributed by atoms with E-state index in [0.29, 0.717) is 47.0 Å². The van der Waals surface area contributed by atoms with Gasteiger partial charge >= 0.3 is 0 Å². The lowest BCUT2D eigenvalue weighted by Crippen LogP contribution is -2.43. The van der Waals surface area contributed by atoms with Crippen molar-refractivity contribution in [3.05, 3.63) is 71.1 Å². The van der Waals surface area contributed by atoms with Crippen LogP contribution < -0.4 is 24.4 Å². The Morgan fingerprint density at radius 1 is 0.960 bits per heavy atom. The lowest BCUT2D eigenvalue weighted by molar-refractivity contribution is -0.131. The fourth-order valence-electron chi connectivity index (χ4n) is 6.79. The van der Waals surface area contributed by atoms with E-state index in [2.05, 4.69) is 15.4 Å². The lowest BCUT2D eigenvalue weighted by Gasteiger charge is -2.35. The third kappa shape index (κ3) is 7.61. The number of benzene rings is 2. The Hall–Kier alpha value is -5.33. The average molecular weight is 685 g/mol. The summed E-state index contributed by atoms with van der Waals surface area (Å²) in [5, 5.41) is 7.84. The lowest BCUT2D eigenvalue weighted by atomic mass is 9.97. The minimum atomic E-state index is -0.346. The van der Waals surface area contributed by atoms with Gasteiger partial charge in [0.1, 0.15) is 11.6 Å². The van der Waals surface area contributed by atoms with Gasteiger partial charge in [-0.3, -0.25) is 14.4 Å². The molecule has 2 aromatic carbocycles. The zero-order chi connectivity index (χ0) is 35.2. The molecule has 1 unspecified atom stereocenters. The predicted molar refractivity (Wildman–Crippen MR) is 187 cm³/mol. The minimum absolute atomic E-state index is 0.113. The molecule has 1 fully saturated rings. The maximum absolute atomic E-state index is 14.2. The highest BCUT2D eigenvalue weighted by Gasteiger charge is 2.29. The fraction of sp³-hybridized carbons (Fsp3) is 0.432. The van der Waals surface area contributed by atoms with E-state index in [9.17, 15) is 14.4 Å². The Balaban J connectivity index is 1.45. The van der Waals surface area contributed by atoms with Crippen LogP contribution in [0, 0.1) is 12.8 Å². The minimum Gasteiger partial charge on any atom is -0.493 e. The van der Waals surface area contributed by atoms with Gasteiger partial charge in [0.25, 0.3) is 5.91 Å². The van der Waals surface area contributed by atoms with Crippen LogP contribution in [0.25, 0.3) is 10.9 Å². The van der Waals surface area contributed by atoms with Crippen molar-refractivity contribution in [2.24, 2.45) is 5.92 Å². The van der Waals surface area contributed by atoms with E-state index in [1.807, 2.05) is 42.5 Å². The third-order valence-corrected chi connectivity index (χ3v) is 9.38. The Labute approximate surface area is 291 Å². The summed E-state index contributed by atoms with van der Waals surface area (Å²) in [6.07, 6.45) is 2.21. The van der Waals surface area contributed by atoms with E-state index in [4.69, 9.17) is 23.7 Å². The van der Waals surface area contributed by atoms with Crippen molar-refractivity contribution in [1.29, 1.82) is 0 Å². The summed E-state index contributed by atoms with van der Waals surface area (Å²) in [5.74, 6) is 2.23. The summed E-state index contributed by atoms with van der Waals surface area (Å²) < 4.78 is 22.5. The highest BCUT2D eigenvalue weighted by Crippen LogP contribution is 2.44. The molecule has 50 heavy (non-hydrogen) atoms. The molecule has 2 aromatic heterocycles. The maximum Gasteiger partial charge on any atom is 0.276 e. The van der Waals surface area contributed by atoms with Crippen molar-refractivity contribution in [2.75, 3.05) is 65.5 Å². The van der Waals surface area contributed by atoms with Crippen molar-refractivity contribution < 1.29 is 33.1 Å². The molecule has 264 valence electrons. The van der Waals surface area contributed by atoms with Gasteiger partial charge < -0.3 is 38.8 Å². The summed E-state index contributed by atoms with van der Waals surface area (Å²) >= 11 is 0. The molecule has 13 nitrogen and oxygen atoms in total. The van der Waals surface area contributed by atoms with Gasteiger partial charge in [-0.2, -0.15) is 0 Å². The van der Waals surface area contributed by atoms with Crippen molar-refractivity contribution >= 4 is 34.4 Å². The second-order valence-corrected chi connectivity index (χ2v) is 12.8. The second-order valence-electron chi connectivity index (χ2n) is 12.8. The van der Waals surface area contributed by atoms with Crippen LogP contribution in [0.2, 0.25) is 0 Å². The molecule has 4 aromatic rings. The number of carbonyl (C=O) groups excluding carboxylic acids is 3. The Morgan fingerprint density at radius 3 is 2.46 bits per heavy atom. The van der Waals surface area contributed by atoms with E-state index in [1.54, 1.807) is 44.1 Å². The number of nitrogens with zero attached hydrogens (tertiary/aromatic N) is 5. The smallest absolute Gasteiger partial charge is 0.276 e. The summed E-state index contributed by atoms with van der Waals surface area (Å²) in [6, 6.07) is 14.9. The second kappa shape index (κ2) is 15.5. The van der Waals surface area contributed by atoms with Crippen molar-refractivity contribution in [2.45, 2.75) is 39.2 Å². The third-order valence-electron chi connectivity index (χ3n) is 9.38. The zero-order valence-electron chi connectivity index (χ0n) is 29.1. The van der Waals surface area contributed by atoms with Gasteiger partial charge in [-0.25, -0.2) is 4.98 Å². The molecule has 6 rings (SSSR count). The first-order valence-electron chi connectivity index (χ1n) is 17.0. The monoisotopic (exact) mass is 684 g/mol. The van der Waals surface area contributed by atoms with Crippen LogP contribution in [0.5, 0.6) is 17.2 Å². The number of amides is 3. The number of hydrogen-bond acceptors (Lipinski definition) is 10. The standard InChI is InChI=1S/C37H44N6O7/c1-24-17-30(40-50-24)37(46)43-16-15-41(33(45)18-25-9-6-5-7-10-25)14-12-32(44)38-21-26-11-8-13-42(22-26)36-27(23-43)19-28-29(39-36)20-31(47-2)35(49-4)34(28)48-3/h5-7,9-10,17,19-20,26H,8,11-16,18,21-23H2,1-4H3,(H,38,44). The molecule has 2 aliphatic rings. The summed E-state index contributed by atoms with van der Waals surface area (Å²) in [4.78, 5) is 51.7. The van der Waals surface area contributed by atoms with E-state index >= 15 is 0 Å². The van der Waals surface area contributed by atoms with Crippen LogP contribution in [0.15, 0.2) is 53.1 Å². The highest BCUT2D eigenvalue weighted by atomic mass is 16.5. The summed E-state index contributed by atoms with van der Waals surface area (Å²) in [7, 11) is 4.69. The molecule has 1 atom stereocenters. The van der Waals surface area contributed by atoms with Gasteiger partial charge in [0.05, 0.1) is 33.3 Å². The van der Waals surface area contributed by atoms with E-state index in [1.165, 1.54) is 0 Å². The molecule has 4 heterocycles. The number of rotatable bonds is 6. The van der Waals surface area contributed by atoms with Crippen molar-refractivity contribution in [1.82, 2.24) is 25.3 Å². The fourth-order valence-corrected chi connectivity index (χ4v) is 6.79. The SMILES string of the molecule is COc1cc2nc3c(cc2c(OC)c1OC)CN(C(=O)c1cc(C)on1)CCN(C(=O)Cc1ccccc1)CCC(=O)NCC1CCCN3C1. The molecule has 1 saturated heterocycles. The normalized spacial score (nSPS) is 17.3. The zero-order valence-corrected chi connectivity index (χ0v) is 29.1. The van der Waals surface area contributed by atoms with Gasteiger partial charge in [-0.05, 0) is 37.3 Å². The Bertz CT molecular complexity index is 1850. The number of hydrogen-bond donors (Lipinski definition) is 1. The Kier molecular flexibility index (Phi) is 10.7. The van der Waals surface area contributed by atoms with Crippen molar-refractivity contribution in [3.8, 4) is 17.2 Å². The first kappa shape index (κ1) is 34.5. The highest BCUT2D eigenvalue weighted by molar-refractivity contribution is 5.94. The first-order chi connectivity index (χ1) is 24.3. The van der Waals surface area contributed by atoms with Gasteiger partial charge in [0, 0.05) is 75.3 Å². The Morgan fingerprint density at radius 2 is 1.74 bits per heavy atom. The van der Waals surface area contributed by atoms with E-state index in [-0.39, 0.29) is 68.4 Å². The molecule has 0 spiro atoms.